The van der Waals surface area contributed by atoms with Crippen LogP contribution in [0.25, 0.3) is 0 Å². The molecule has 3 N–H and O–H groups in total. The third kappa shape index (κ3) is 3.79. The minimum Gasteiger partial charge on any atom is -0.480 e. The van der Waals surface area contributed by atoms with Gasteiger partial charge in [0.05, 0.1) is 16.9 Å². The van der Waals surface area contributed by atoms with E-state index in [0.717, 1.165) is 21.2 Å². The van der Waals surface area contributed by atoms with Crippen molar-refractivity contribution in [2.75, 3.05) is 5.32 Å². The largest absolute Gasteiger partial charge is 0.480 e. The van der Waals surface area contributed by atoms with Crippen molar-refractivity contribution in [1.29, 1.82) is 0 Å². The highest BCUT2D eigenvalue weighted by atomic mass is 32.2. The Morgan fingerprint density at radius 2 is 1.84 bits per heavy atom. The van der Waals surface area contributed by atoms with E-state index in [-0.39, 0.29) is 11.8 Å². The van der Waals surface area contributed by atoms with Crippen molar-refractivity contribution >= 4 is 35.0 Å². The number of aliphatic carboxylic acids is 1. The summed E-state index contributed by atoms with van der Waals surface area (Å²) in [5.41, 5.74) is 2.11. The van der Waals surface area contributed by atoms with Crippen LogP contribution < -0.4 is 10.6 Å². The third-order valence-corrected chi connectivity index (χ3v) is 5.08. The van der Waals surface area contributed by atoms with Gasteiger partial charge in [0.25, 0.3) is 5.91 Å². The molecule has 0 spiro atoms. The first-order valence-corrected chi connectivity index (χ1v) is 8.98. The lowest BCUT2D eigenvalue weighted by atomic mass is 10.0. The maximum Gasteiger partial charge on any atom is 0.326 e. The molecule has 1 heterocycles. The fourth-order valence-electron chi connectivity index (χ4n) is 2.78. The quantitative estimate of drug-likeness (QED) is 0.641. The second-order valence-electron chi connectivity index (χ2n) is 6.40. The molecule has 1 aliphatic rings. The number of amides is 1. The van der Waals surface area contributed by atoms with Crippen molar-refractivity contribution in [2.45, 2.75) is 36.1 Å². The highest BCUT2D eigenvalue weighted by Gasteiger charge is 2.25. The van der Waals surface area contributed by atoms with Crippen molar-refractivity contribution < 1.29 is 14.7 Å². The van der Waals surface area contributed by atoms with Crippen LogP contribution in [0.5, 0.6) is 0 Å². The van der Waals surface area contributed by atoms with Crippen LogP contribution in [-0.4, -0.2) is 23.0 Å². The molecule has 0 saturated heterocycles. The molecule has 0 radical (unpaired) electrons. The van der Waals surface area contributed by atoms with Crippen LogP contribution in [0.2, 0.25) is 0 Å². The van der Waals surface area contributed by atoms with Crippen LogP contribution >= 0.6 is 11.8 Å². The number of carbonyl (C=O) groups is 2. The van der Waals surface area contributed by atoms with E-state index in [0.29, 0.717) is 12.0 Å². The molecule has 25 heavy (non-hydrogen) atoms. The lowest BCUT2D eigenvalue weighted by molar-refractivity contribution is -0.139. The topological polar surface area (TPSA) is 78.4 Å². The van der Waals surface area contributed by atoms with Gasteiger partial charge in [-0.3, -0.25) is 4.79 Å². The molecule has 0 fully saturated rings. The Morgan fingerprint density at radius 3 is 2.56 bits per heavy atom. The van der Waals surface area contributed by atoms with Crippen LogP contribution in [0.3, 0.4) is 0 Å². The predicted octanol–water partition coefficient (Wildman–Crippen LogP) is 4.12. The molecule has 0 aromatic heterocycles. The molecule has 0 bridgehead atoms. The molecule has 1 atom stereocenters. The van der Waals surface area contributed by atoms with E-state index in [9.17, 15) is 14.7 Å². The maximum absolute atomic E-state index is 12.7. The summed E-state index contributed by atoms with van der Waals surface area (Å²) in [6, 6.07) is 12.5. The van der Waals surface area contributed by atoms with Crippen LogP contribution in [0.15, 0.2) is 52.3 Å². The summed E-state index contributed by atoms with van der Waals surface area (Å²) in [6.45, 7) is 3.86. The van der Waals surface area contributed by atoms with E-state index in [1.807, 2.05) is 50.2 Å². The highest BCUT2D eigenvalue weighted by Crippen LogP contribution is 2.45. The number of nitrogens with one attached hydrogen (secondary N) is 2. The van der Waals surface area contributed by atoms with Gasteiger partial charge in [-0.25, -0.2) is 4.79 Å². The molecule has 130 valence electrons. The van der Waals surface area contributed by atoms with Crippen LogP contribution in [0, 0.1) is 5.92 Å². The van der Waals surface area contributed by atoms with Crippen molar-refractivity contribution in [1.82, 2.24) is 5.32 Å². The zero-order valence-electron chi connectivity index (χ0n) is 14.1. The molecule has 3 rings (SSSR count). The first kappa shape index (κ1) is 17.4. The van der Waals surface area contributed by atoms with Crippen molar-refractivity contribution in [3.8, 4) is 0 Å². The van der Waals surface area contributed by atoms with Crippen molar-refractivity contribution in [2.24, 2.45) is 5.92 Å². The number of carboxylic acids is 1. The standard InChI is InChI=1S/C19H20N2O3S/c1-11(2)10-14(19(23)24)21-18(22)12-6-5-9-16-17(12)20-13-7-3-4-8-15(13)25-16/h3-9,11,14,20H,10H2,1-2H3,(H,21,22)(H,23,24)/t14-/m0/s1. The van der Waals surface area contributed by atoms with Gasteiger partial charge in [-0.1, -0.05) is 43.8 Å². The van der Waals surface area contributed by atoms with Gasteiger partial charge < -0.3 is 15.7 Å². The summed E-state index contributed by atoms with van der Waals surface area (Å²) in [6.07, 6.45) is 0.390. The number of benzene rings is 2. The number of fused-ring (bicyclic) bond motifs is 2. The summed E-state index contributed by atoms with van der Waals surface area (Å²) >= 11 is 1.59. The fourth-order valence-corrected chi connectivity index (χ4v) is 3.80. The van der Waals surface area contributed by atoms with Gasteiger partial charge in [0, 0.05) is 9.79 Å². The summed E-state index contributed by atoms with van der Waals surface area (Å²) < 4.78 is 0. The predicted molar refractivity (Wildman–Crippen MR) is 98.6 cm³/mol. The van der Waals surface area contributed by atoms with Gasteiger partial charge in [0.2, 0.25) is 0 Å². The number of carboxylic acid groups (broad SMARTS) is 1. The lowest BCUT2D eigenvalue weighted by Gasteiger charge is -2.24. The van der Waals surface area contributed by atoms with Gasteiger partial charge in [0.15, 0.2) is 0 Å². The number of hydrogen-bond acceptors (Lipinski definition) is 4. The number of carbonyl (C=O) groups excluding carboxylic acids is 1. The Balaban J connectivity index is 1.87. The van der Waals surface area contributed by atoms with Crippen molar-refractivity contribution in [3.63, 3.8) is 0 Å². The number of rotatable bonds is 5. The number of anilines is 2. The minimum absolute atomic E-state index is 0.173. The fraction of sp³-hybridized carbons (Fsp3) is 0.263. The Kier molecular flexibility index (Phi) is 4.99. The van der Waals surface area contributed by atoms with Crippen LogP contribution in [0.4, 0.5) is 11.4 Å². The van der Waals surface area contributed by atoms with Gasteiger partial charge in [-0.15, -0.1) is 0 Å². The number of hydrogen-bond donors (Lipinski definition) is 3. The molecule has 0 unspecified atom stereocenters. The first-order valence-electron chi connectivity index (χ1n) is 8.16. The van der Waals surface area contributed by atoms with Crippen LogP contribution in [-0.2, 0) is 4.79 Å². The summed E-state index contributed by atoms with van der Waals surface area (Å²) in [7, 11) is 0. The smallest absolute Gasteiger partial charge is 0.326 e. The summed E-state index contributed by atoms with van der Waals surface area (Å²) in [5.74, 6) is -1.22. The normalized spacial score (nSPS) is 13.4. The molecular weight excluding hydrogens is 336 g/mol. The molecule has 2 aromatic carbocycles. The second-order valence-corrected chi connectivity index (χ2v) is 7.48. The van der Waals surface area contributed by atoms with Crippen LogP contribution in [0.1, 0.15) is 30.6 Å². The molecule has 1 amide bonds. The van der Waals surface area contributed by atoms with E-state index in [2.05, 4.69) is 10.6 Å². The first-order chi connectivity index (χ1) is 12.0. The lowest BCUT2D eigenvalue weighted by Crippen LogP contribution is -2.41. The minimum atomic E-state index is -1.01. The molecule has 6 heteroatoms. The molecule has 0 saturated carbocycles. The van der Waals surface area contributed by atoms with Gasteiger partial charge in [-0.2, -0.15) is 0 Å². The van der Waals surface area contributed by atoms with Gasteiger partial charge >= 0.3 is 5.97 Å². The maximum atomic E-state index is 12.7. The molecule has 1 aliphatic heterocycles. The van der Waals surface area contributed by atoms with E-state index in [1.54, 1.807) is 17.8 Å². The van der Waals surface area contributed by atoms with Crippen molar-refractivity contribution in [3.05, 3.63) is 48.0 Å². The zero-order chi connectivity index (χ0) is 18.0. The SMILES string of the molecule is CC(C)C[C@H](NC(=O)c1cccc2c1Nc1ccccc1S2)C(=O)O. The summed E-state index contributed by atoms with van der Waals surface area (Å²) in [4.78, 5) is 26.2. The highest BCUT2D eigenvalue weighted by molar-refractivity contribution is 7.99. The van der Waals surface area contributed by atoms with Gasteiger partial charge in [0.1, 0.15) is 6.04 Å². The number of para-hydroxylation sites is 2. The van der Waals surface area contributed by atoms with Gasteiger partial charge in [-0.05, 0) is 36.6 Å². The monoisotopic (exact) mass is 356 g/mol. The molecule has 0 aliphatic carbocycles. The molecule has 2 aromatic rings. The molecule has 5 nitrogen and oxygen atoms in total. The Bertz CT molecular complexity index is 820. The Morgan fingerprint density at radius 1 is 1.12 bits per heavy atom. The second kappa shape index (κ2) is 7.19. The van der Waals surface area contributed by atoms with E-state index < -0.39 is 12.0 Å². The average Bonchev–Trinajstić information content (AvgIpc) is 2.58. The summed E-state index contributed by atoms with van der Waals surface area (Å²) in [5, 5.41) is 15.3. The Labute approximate surface area is 150 Å². The average molecular weight is 356 g/mol. The third-order valence-electron chi connectivity index (χ3n) is 3.95. The Hall–Kier alpha value is -2.47. The molecular formula is C19H20N2O3S. The zero-order valence-corrected chi connectivity index (χ0v) is 14.9. The van der Waals surface area contributed by atoms with E-state index in [4.69, 9.17) is 0 Å². The van der Waals surface area contributed by atoms with E-state index >= 15 is 0 Å². The van der Waals surface area contributed by atoms with E-state index in [1.165, 1.54) is 0 Å².